The van der Waals surface area contributed by atoms with E-state index in [1.165, 1.54) is 0 Å². The van der Waals surface area contributed by atoms with Crippen molar-refractivity contribution < 1.29 is 5.11 Å². The van der Waals surface area contributed by atoms with E-state index in [4.69, 9.17) is 5.11 Å². The molecule has 0 aromatic carbocycles. The summed E-state index contributed by atoms with van der Waals surface area (Å²) in [7, 11) is 2.10. The molecule has 1 fully saturated rings. The molecule has 1 N–H and O–H groups in total. The number of hydrogen-bond acceptors (Lipinski definition) is 2. The molecule has 1 heterocycles. The fraction of sp³-hybridized carbons (Fsp3) is 1.00. The van der Waals surface area contributed by atoms with Crippen LogP contribution in [0.1, 0.15) is 13.3 Å². The highest BCUT2D eigenvalue weighted by Crippen LogP contribution is 2.27. The normalized spacial score (nSPS) is 37.7. The highest BCUT2D eigenvalue weighted by molar-refractivity contribution is 4.83. The first kappa shape index (κ1) is 7.03. The lowest BCUT2D eigenvalue weighted by molar-refractivity contribution is 0.150. The van der Waals surface area contributed by atoms with Crippen molar-refractivity contribution in [1.29, 1.82) is 0 Å². The van der Waals surface area contributed by atoms with E-state index in [1.54, 1.807) is 0 Å². The van der Waals surface area contributed by atoms with Gasteiger partial charge in [-0.3, -0.25) is 0 Å². The summed E-state index contributed by atoms with van der Waals surface area (Å²) in [5.41, 5.74) is 0.189. The molecule has 0 radical (unpaired) electrons. The fourth-order valence-corrected chi connectivity index (χ4v) is 1.40. The van der Waals surface area contributed by atoms with E-state index in [1.807, 2.05) is 0 Å². The molecular weight excluding hydrogens is 114 g/mol. The third-order valence-corrected chi connectivity index (χ3v) is 2.13. The van der Waals surface area contributed by atoms with Crippen molar-refractivity contribution in [3.8, 4) is 0 Å². The number of likely N-dealkylation sites (tertiary alicyclic amines) is 1. The Morgan fingerprint density at radius 1 is 1.67 bits per heavy atom. The van der Waals surface area contributed by atoms with E-state index >= 15 is 0 Å². The molecule has 0 aliphatic carbocycles. The molecule has 1 atom stereocenters. The van der Waals surface area contributed by atoms with E-state index in [0.717, 1.165) is 19.5 Å². The van der Waals surface area contributed by atoms with Crippen molar-refractivity contribution in [2.45, 2.75) is 13.3 Å². The maximum atomic E-state index is 8.92. The lowest BCUT2D eigenvalue weighted by Crippen LogP contribution is -2.25. The van der Waals surface area contributed by atoms with Gasteiger partial charge in [0, 0.05) is 18.6 Å². The predicted octanol–water partition coefficient (Wildman–Crippen LogP) is 0.321. The van der Waals surface area contributed by atoms with Gasteiger partial charge in [0.25, 0.3) is 0 Å². The smallest absolute Gasteiger partial charge is 0.0497 e. The Kier molecular flexibility index (Phi) is 1.78. The van der Waals surface area contributed by atoms with Gasteiger partial charge in [-0.25, -0.2) is 0 Å². The van der Waals surface area contributed by atoms with Crippen LogP contribution in [0.4, 0.5) is 0 Å². The second kappa shape index (κ2) is 2.27. The van der Waals surface area contributed by atoms with Crippen LogP contribution < -0.4 is 0 Å². The summed E-state index contributed by atoms with van der Waals surface area (Å²) in [4.78, 5) is 2.26. The molecular formula is C7H15NO. The van der Waals surface area contributed by atoms with Gasteiger partial charge in [0.05, 0.1) is 0 Å². The molecule has 0 spiro atoms. The van der Waals surface area contributed by atoms with Crippen LogP contribution in [0.3, 0.4) is 0 Å². The van der Waals surface area contributed by atoms with E-state index in [0.29, 0.717) is 6.61 Å². The zero-order valence-electron chi connectivity index (χ0n) is 6.22. The monoisotopic (exact) mass is 129 g/mol. The van der Waals surface area contributed by atoms with Crippen LogP contribution in [0.2, 0.25) is 0 Å². The number of aliphatic hydroxyl groups is 1. The largest absolute Gasteiger partial charge is 0.396 e. The Morgan fingerprint density at radius 3 is 2.56 bits per heavy atom. The van der Waals surface area contributed by atoms with Crippen LogP contribution in [0.5, 0.6) is 0 Å². The Labute approximate surface area is 56.5 Å². The summed E-state index contributed by atoms with van der Waals surface area (Å²) in [6.45, 7) is 4.65. The molecule has 0 bridgehead atoms. The molecule has 1 aliphatic heterocycles. The van der Waals surface area contributed by atoms with Gasteiger partial charge in [-0.05, 0) is 20.0 Å². The minimum atomic E-state index is 0.189. The van der Waals surface area contributed by atoms with Crippen LogP contribution >= 0.6 is 0 Å². The lowest BCUT2D eigenvalue weighted by Gasteiger charge is -2.19. The quantitative estimate of drug-likeness (QED) is 0.551. The van der Waals surface area contributed by atoms with E-state index < -0.39 is 0 Å². The second-order valence-electron chi connectivity index (χ2n) is 3.46. The fourth-order valence-electron chi connectivity index (χ4n) is 1.40. The van der Waals surface area contributed by atoms with Gasteiger partial charge >= 0.3 is 0 Å². The van der Waals surface area contributed by atoms with Crippen LogP contribution in [0.15, 0.2) is 0 Å². The van der Waals surface area contributed by atoms with Crippen molar-refractivity contribution in [3.05, 3.63) is 0 Å². The first-order valence-corrected chi connectivity index (χ1v) is 3.46. The lowest BCUT2D eigenvalue weighted by atomic mass is 9.91. The molecule has 0 aromatic heterocycles. The maximum absolute atomic E-state index is 8.92. The Morgan fingerprint density at radius 2 is 2.33 bits per heavy atom. The van der Waals surface area contributed by atoms with Crippen molar-refractivity contribution in [3.63, 3.8) is 0 Å². The summed E-state index contributed by atoms with van der Waals surface area (Å²) >= 11 is 0. The molecule has 54 valence electrons. The van der Waals surface area contributed by atoms with Crippen molar-refractivity contribution in [1.82, 2.24) is 4.90 Å². The number of nitrogens with zero attached hydrogens (tertiary/aromatic N) is 1. The molecule has 0 aromatic rings. The van der Waals surface area contributed by atoms with Crippen LogP contribution in [0, 0.1) is 5.41 Å². The van der Waals surface area contributed by atoms with Gasteiger partial charge in [-0.15, -0.1) is 0 Å². The highest BCUT2D eigenvalue weighted by atomic mass is 16.3. The van der Waals surface area contributed by atoms with Crippen molar-refractivity contribution in [2.75, 3.05) is 26.7 Å². The molecule has 9 heavy (non-hydrogen) atoms. The zero-order chi connectivity index (χ0) is 6.91. The third kappa shape index (κ3) is 1.43. The van der Waals surface area contributed by atoms with E-state index in [2.05, 4.69) is 18.9 Å². The van der Waals surface area contributed by atoms with Crippen LogP contribution in [-0.4, -0.2) is 36.8 Å². The van der Waals surface area contributed by atoms with Crippen LogP contribution in [-0.2, 0) is 0 Å². The second-order valence-corrected chi connectivity index (χ2v) is 3.46. The molecule has 0 unspecified atom stereocenters. The van der Waals surface area contributed by atoms with Gasteiger partial charge in [-0.2, -0.15) is 0 Å². The minimum Gasteiger partial charge on any atom is -0.396 e. The topological polar surface area (TPSA) is 23.5 Å². The van der Waals surface area contributed by atoms with E-state index in [-0.39, 0.29) is 5.41 Å². The average Bonchev–Trinajstić information content (AvgIpc) is 2.13. The Balaban J connectivity index is 2.45. The van der Waals surface area contributed by atoms with Gasteiger partial charge in [0.15, 0.2) is 0 Å². The zero-order valence-corrected chi connectivity index (χ0v) is 6.22. The summed E-state index contributed by atoms with van der Waals surface area (Å²) in [6, 6.07) is 0. The molecule has 0 amide bonds. The molecule has 2 nitrogen and oxygen atoms in total. The van der Waals surface area contributed by atoms with Gasteiger partial charge in [-0.1, -0.05) is 6.92 Å². The Bertz CT molecular complexity index is 105. The van der Waals surface area contributed by atoms with Crippen LogP contribution in [0.25, 0.3) is 0 Å². The Hall–Kier alpha value is -0.0800. The third-order valence-electron chi connectivity index (χ3n) is 2.13. The first-order valence-electron chi connectivity index (χ1n) is 3.46. The number of hydrogen-bond donors (Lipinski definition) is 1. The van der Waals surface area contributed by atoms with Gasteiger partial charge in [0.1, 0.15) is 0 Å². The SMILES string of the molecule is CN1CC[C@](C)(CO)C1. The summed E-state index contributed by atoms with van der Waals surface area (Å²) in [5, 5.41) is 8.92. The molecule has 0 saturated carbocycles. The maximum Gasteiger partial charge on any atom is 0.0497 e. The minimum absolute atomic E-state index is 0.189. The summed E-state index contributed by atoms with van der Waals surface area (Å²) in [5.74, 6) is 0. The molecule has 2 heteroatoms. The van der Waals surface area contributed by atoms with E-state index in [9.17, 15) is 0 Å². The van der Waals surface area contributed by atoms with Gasteiger partial charge in [0.2, 0.25) is 0 Å². The summed E-state index contributed by atoms with van der Waals surface area (Å²) < 4.78 is 0. The molecule has 1 rings (SSSR count). The molecule has 1 saturated heterocycles. The molecule has 1 aliphatic rings. The van der Waals surface area contributed by atoms with Gasteiger partial charge < -0.3 is 10.0 Å². The summed E-state index contributed by atoms with van der Waals surface area (Å²) in [6.07, 6.45) is 1.14. The van der Waals surface area contributed by atoms with Crippen molar-refractivity contribution in [2.24, 2.45) is 5.41 Å². The predicted molar refractivity (Wildman–Crippen MR) is 37.3 cm³/mol. The van der Waals surface area contributed by atoms with Crippen molar-refractivity contribution >= 4 is 0 Å². The average molecular weight is 129 g/mol. The highest BCUT2D eigenvalue weighted by Gasteiger charge is 2.30. The number of rotatable bonds is 1. The standard InChI is InChI=1S/C7H15NO/c1-7(6-9)3-4-8(2)5-7/h9H,3-6H2,1-2H3/t7-/m0/s1. The number of aliphatic hydroxyl groups excluding tert-OH is 1. The first-order chi connectivity index (χ1) is 4.16.